The summed E-state index contributed by atoms with van der Waals surface area (Å²) in [6, 6.07) is 11.2. The molecule has 0 spiro atoms. The molecule has 1 aliphatic rings. The Labute approximate surface area is 112 Å². The monoisotopic (exact) mass is 245 g/mol. The van der Waals surface area contributed by atoms with Gasteiger partial charge in [-0.3, -0.25) is 0 Å². The van der Waals surface area contributed by atoms with Gasteiger partial charge in [0.25, 0.3) is 0 Å². The Morgan fingerprint density at radius 1 is 1.11 bits per heavy atom. The number of nitrogens with two attached hydrogens (primary N) is 1. The van der Waals surface area contributed by atoms with E-state index in [1.54, 1.807) is 0 Å². The molecule has 2 rings (SSSR count). The van der Waals surface area contributed by atoms with E-state index in [0.29, 0.717) is 17.4 Å². The molecule has 0 aliphatic heterocycles. The van der Waals surface area contributed by atoms with Gasteiger partial charge in [0.05, 0.1) is 0 Å². The third kappa shape index (κ3) is 3.35. The van der Waals surface area contributed by atoms with Gasteiger partial charge in [0, 0.05) is 6.04 Å². The minimum absolute atomic E-state index is 0.392. The molecule has 18 heavy (non-hydrogen) atoms. The van der Waals surface area contributed by atoms with Crippen LogP contribution in [-0.2, 0) is 6.42 Å². The summed E-state index contributed by atoms with van der Waals surface area (Å²) in [5.74, 6) is 1.48. The largest absolute Gasteiger partial charge is 0.327 e. The van der Waals surface area contributed by atoms with Crippen molar-refractivity contribution >= 4 is 0 Å². The Kier molecular flexibility index (Phi) is 4.11. The molecule has 100 valence electrons. The summed E-state index contributed by atoms with van der Waals surface area (Å²) >= 11 is 0. The van der Waals surface area contributed by atoms with Crippen molar-refractivity contribution in [2.75, 3.05) is 0 Å². The lowest BCUT2D eigenvalue weighted by Crippen LogP contribution is -2.40. The van der Waals surface area contributed by atoms with E-state index in [0.717, 1.165) is 12.3 Å². The highest BCUT2D eigenvalue weighted by Crippen LogP contribution is 2.40. The van der Waals surface area contributed by atoms with Crippen molar-refractivity contribution in [3.8, 4) is 0 Å². The highest BCUT2D eigenvalue weighted by Gasteiger charge is 2.34. The summed E-state index contributed by atoms with van der Waals surface area (Å²) in [5, 5.41) is 0. The van der Waals surface area contributed by atoms with E-state index in [4.69, 9.17) is 5.73 Å². The van der Waals surface area contributed by atoms with Gasteiger partial charge >= 0.3 is 0 Å². The normalized spacial score (nSPS) is 29.2. The lowest BCUT2D eigenvalue weighted by atomic mass is 9.66. The van der Waals surface area contributed by atoms with Gasteiger partial charge in [-0.1, -0.05) is 51.1 Å². The predicted molar refractivity (Wildman–Crippen MR) is 78.4 cm³/mol. The van der Waals surface area contributed by atoms with Gasteiger partial charge in [0.1, 0.15) is 0 Å². The summed E-state index contributed by atoms with van der Waals surface area (Å²) in [4.78, 5) is 0. The van der Waals surface area contributed by atoms with Crippen LogP contribution in [0.3, 0.4) is 0 Å². The van der Waals surface area contributed by atoms with E-state index in [1.807, 2.05) is 0 Å². The summed E-state index contributed by atoms with van der Waals surface area (Å²) in [5.41, 5.74) is 8.20. The van der Waals surface area contributed by atoms with Crippen LogP contribution >= 0.6 is 0 Å². The van der Waals surface area contributed by atoms with E-state index in [1.165, 1.54) is 24.8 Å². The van der Waals surface area contributed by atoms with Gasteiger partial charge < -0.3 is 5.73 Å². The zero-order valence-corrected chi connectivity index (χ0v) is 12.0. The molecule has 1 heteroatoms. The molecule has 1 aromatic rings. The van der Waals surface area contributed by atoms with Gasteiger partial charge in [-0.05, 0) is 48.5 Å². The fourth-order valence-electron chi connectivity index (χ4n) is 3.23. The second-order valence-corrected chi connectivity index (χ2v) is 6.99. The van der Waals surface area contributed by atoms with Crippen molar-refractivity contribution in [2.24, 2.45) is 23.0 Å². The minimum atomic E-state index is 0.392. The first kappa shape index (κ1) is 13.6. The van der Waals surface area contributed by atoms with Crippen molar-refractivity contribution < 1.29 is 0 Å². The van der Waals surface area contributed by atoms with Crippen LogP contribution in [0, 0.1) is 17.3 Å². The number of rotatable bonds is 2. The maximum Gasteiger partial charge on any atom is 0.00705 e. The Morgan fingerprint density at radius 3 is 2.39 bits per heavy atom. The van der Waals surface area contributed by atoms with Crippen molar-refractivity contribution in [1.82, 2.24) is 0 Å². The van der Waals surface area contributed by atoms with Crippen LogP contribution < -0.4 is 5.73 Å². The molecule has 0 bridgehead atoms. The molecule has 3 unspecified atom stereocenters. The Bertz CT molecular complexity index is 363. The number of benzene rings is 1. The van der Waals surface area contributed by atoms with Crippen molar-refractivity contribution in [1.29, 1.82) is 0 Å². The lowest BCUT2D eigenvalue weighted by molar-refractivity contribution is 0.127. The van der Waals surface area contributed by atoms with Crippen molar-refractivity contribution in [3.05, 3.63) is 35.9 Å². The average molecular weight is 245 g/mol. The average Bonchev–Trinajstić information content (AvgIpc) is 2.32. The molecule has 1 fully saturated rings. The molecule has 0 heterocycles. The summed E-state index contributed by atoms with van der Waals surface area (Å²) < 4.78 is 0. The second-order valence-electron chi connectivity index (χ2n) is 6.99. The summed E-state index contributed by atoms with van der Waals surface area (Å²) in [6.45, 7) is 7.11. The van der Waals surface area contributed by atoms with Crippen LogP contribution in [0.15, 0.2) is 30.3 Å². The van der Waals surface area contributed by atoms with Crippen LogP contribution in [-0.4, -0.2) is 6.04 Å². The topological polar surface area (TPSA) is 26.0 Å². The third-order valence-corrected chi connectivity index (χ3v) is 4.61. The third-order valence-electron chi connectivity index (χ3n) is 4.61. The van der Waals surface area contributed by atoms with E-state index in [9.17, 15) is 0 Å². The SMILES string of the molecule is CC(C)(C)C1CCC(N)C(Cc2ccccc2)C1. The van der Waals surface area contributed by atoms with E-state index < -0.39 is 0 Å². The van der Waals surface area contributed by atoms with Crippen LogP contribution in [0.1, 0.15) is 45.6 Å². The highest BCUT2D eigenvalue weighted by atomic mass is 14.7. The number of hydrogen-bond donors (Lipinski definition) is 1. The van der Waals surface area contributed by atoms with Crippen LogP contribution in [0.5, 0.6) is 0 Å². The van der Waals surface area contributed by atoms with Crippen LogP contribution in [0.2, 0.25) is 0 Å². The van der Waals surface area contributed by atoms with Crippen molar-refractivity contribution in [2.45, 2.75) is 52.5 Å². The molecular formula is C17H27N. The molecule has 0 saturated heterocycles. The highest BCUT2D eigenvalue weighted by molar-refractivity contribution is 5.16. The predicted octanol–water partition coefficient (Wildman–Crippen LogP) is 4.02. The second kappa shape index (κ2) is 5.44. The van der Waals surface area contributed by atoms with Crippen molar-refractivity contribution in [3.63, 3.8) is 0 Å². The van der Waals surface area contributed by atoms with Gasteiger partial charge in [0.2, 0.25) is 0 Å². The zero-order valence-electron chi connectivity index (χ0n) is 12.0. The molecule has 1 aliphatic carbocycles. The fourth-order valence-corrected chi connectivity index (χ4v) is 3.23. The Morgan fingerprint density at radius 2 is 1.78 bits per heavy atom. The lowest BCUT2D eigenvalue weighted by Gasteiger charge is -2.40. The first-order valence-corrected chi connectivity index (χ1v) is 7.26. The van der Waals surface area contributed by atoms with E-state index in [-0.39, 0.29) is 0 Å². The van der Waals surface area contributed by atoms with Gasteiger partial charge in [-0.25, -0.2) is 0 Å². The molecule has 3 atom stereocenters. The smallest absolute Gasteiger partial charge is 0.00705 e. The molecular weight excluding hydrogens is 218 g/mol. The Hall–Kier alpha value is -0.820. The molecule has 1 nitrogen and oxygen atoms in total. The fraction of sp³-hybridized carbons (Fsp3) is 0.647. The standard InChI is InChI=1S/C17H27N/c1-17(2,3)15-9-10-16(18)14(12-15)11-13-7-5-4-6-8-13/h4-8,14-16H,9-12,18H2,1-3H3. The maximum absolute atomic E-state index is 6.33. The first-order valence-electron chi connectivity index (χ1n) is 7.26. The first-order chi connectivity index (χ1) is 8.47. The summed E-state index contributed by atoms with van der Waals surface area (Å²) in [7, 11) is 0. The molecule has 1 aromatic carbocycles. The summed E-state index contributed by atoms with van der Waals surface area (Å²) in [6.07, 6.45) is 4.93. The van der Waals surface area contributed by atoms with Crippen LogP contribution in [0.4, 0.5) is 0 Å². The quantitative estimate of drug-likeness (QED) is 0.836. The van der Waals surface area contributed by atoms with E-state index >= 15 is 0 Å². The molecule has 0 radical (unpaired) electrons. The van der Waals surface area contributed by atoms with Gasteiger partial charge in [-0.15, -0.1) is 0 Å². The molecule has 2 N–H and O–H groups in total. The van der Waals surface area contributed by atoms with E-state index in [2.05, 4.69) is 51.1 Å². The van der Waals surface area contributed by atoms with Gasteiger partial charge in [-0.2, -0.15) is 0 Å². The maximum atomic E-state index is 6.33. The molecule has 0 aromatic heterocycles. The molecule has 0 amide bonds. The zero-order chi connectivity index (χ0) is 13.2. The molecule has 1 saturated carbocycles. The minimum Gasteiger partial charge on any atom is -0.327 e. The van der Waals surface area contributed by atoms with Crippen LogP contribution in [0.25, 0.3) is 0 Å². The Balaban J connectivity index is 2.02. The van der Waals surface area contributed by atoms with Gasteiger partial charge in [0.15, 0.2) is 0 Å². The number of hydrogen-bond acceptors (Lipinski definition) is 1.